The summed E-state index contributed by atoms with van der Waals surface area (Å²) in [6, 6.07) is 4.02. The zero-order valence-corrected chi connectivity index (χ0v) is 10.2. The van der Waals surface area contributed by atoms with Crippen molar-refractivity contribution in [1.29, 1.82) is 0 Å². The van der Waals surface area contributed by atoms with Crippen LogP contribution in [-0.2, 0) is 0 Å². The van der Waals surface area contributed by atoms with Crippen molar-refractivity contribution < 1.29 is 0 Å². The van der Waals surface area contributed by atoms with Crippen LogP contribution in [0.4, 0.5) is 0 Å². The molecule has 0 aliphatic heterocycles. The van der Waals surface area contributed by atoms with Gasteiger partial charge in [-0.1, -0.05) is 24.4 Å². The third-order valence-corrected chi connectivity index (χ3v) is 3.80. The van der Waals surface area contributed by atoms with Crippen molar-refractivity contribution in [2.45, 2.75) is 38.5 Å². The molecule has 2 nitrogen and oxygen atoms in total. The Hall–Kier alpha value is -1.02. The zero-order chi connectivity index (χ0) is 11.1. The van der Waals surface area contributed by atoms with Gasteiger partial charge in [0.1, 0.15) is 0 Å². The topological polar surface area (TPSA) is 17.3 Å². The van der Waals surface area contributed by atoms with E-state index in [0.717, 1.165) is 10.7 Å². The lowest BCUT2D eigenvalue weighted by Crippen LogP contribution is -1.95. The molecular formula is C13H15ClN2. The van der Waals surface area contributed by atoms with E-state index in [1.807, 2.05) is 18.5 Å². The number of aromatic nitrogens is 2. The molecule has 3 rings (SSSR count). The average Bonchev–Trinajstić information content (AvgIpc) is 2.83. The Bertz CT molecular complexity index is 524. The highest BCUT2D eigenvalue weighted by Crippen LogP contribution is 2.35. The molecule has 3 heteroatoms. The number of pyridine rings is 1. The van der Waals surface area contributed by atoms with E-state index in [9.17, 15) is 0 Å². The molecule has 0 bridgehead atoms. The monoisotopic (exact) mass is 234 g/mol. The molecule has 0 N–H and O–H groups in total. The molecule has 0 aromatic carbocycles. The predicted octanol–water partition coefficient (Wildman–Crippen LogP) is 3.95. The zero-order valence-electron chi connectivity index (χ0n) is 9.41. The molecule has 16 heavy (non-hydrogen) atoms. The first-order valence-electron chi connectivity index (χ1n) is 5.89. The Morgan fingerprint density at radius 1 is 1.31 bits per heavy atom. The summed E-state index contributed by atoms with van der Waals surface area (Å²) in [5.74, 6) is 0.642. The van der Waals surface area contributed by atoms with Crippen LogP contribution in [0.1, 0.15) is 43.0 Å². The van der Waals surface area contributed by atoms with E-state index < -0.39 is 0 Å². The lowest BCUT2D eigenvalue weighted by Gasteiger charge is -2.07. The van der Waals surface area contributed by atoms with Crippen LogP contribution < -0.4 is 0 Å². The minimum Gasteiger partial charge on any atom is -0.303 e. The smallest absolute Gasteiger partial charge is 0.0997 e. The van der Waals surface area contributed by atoms with Gasteiger partial charge in [-0.3, -0.25) is 0 Å². The molecule has 0 amide bonds. The van der Waals surface area contributed by atoms with Gasteiger partial charge >= 0.3 is 0 Å². The first-order chi connectivity index (χ1) is 7.75. The van der Waals surface area contributed by atoms with Gasteiger partial charge in [0.25, 0.3) is 0 Å². The summed E-state index contributed by atoms with van der Waals surface area (Å²) in [6.45, 7) is 2.07. The molecule has 1 aliphatic carbocycles. The van der Waals surface area contributed by atoms with Crippen LogP contribution in [0.2, 0.25) is 5.02 Å². The summed E-state index contributed by atoms with van der Waals surface area (Å²) >= 11 is 6.12. The fourth-order valence-electron chi connectivity index (χ4n) is 2.75. The molecule has 0 radical (unpaired) electrons. The number of imidazole rings is 1. The fraction of sp³-hybridized carbons (Fsp3) is 0.462. The van der Waals surface area contributed by atoms with Crippen molar-refractivity contribution in [2.75, 3.05) is 0 Å². The molecule has 0 unspecified atom stereocenters. The molecule has 0 atom stereocenters. The van der Waals surface area contributed by atoms with E-state index in [4.69, 9.17) is 11.6 Å². The molecule has 0 saturated heterocycles. The Kier molecular flexibility index (Phi) is 2.40. The second-order valence-corrected chi connectivity index (χ2v) is 5.12. The minimum absolute atomic E-state index is 0.642. The van der Waals surface area contributed by atoms with Gasteiger partial charge in [0.2, 0.25) is 0 Å². The van der Waals surface area contributed by atoms with Crippen molar-refractivity contribution in [1.82, 2.24) is 9.38 Å². The maximum Gasteiger partial charge on any atom is 0.0997 e. The number of fused-ring (bicyclic) bond motifs is 1. The maximum absolute atomic E-state index is 6.12. The number of aryl methyl sites for hydroxylation is 1. The van der Waals surface area contributed by atoms with Gasteiger partial charge in [-0.05, 0) is 31.9 Å². The standard InChI is InChI=1S/C13H15ClN2/c1-9-6-11(14)7-12-13(15-8-16(9)12)10-4-2-3-5-10/h6-8,10H,2-5H2,1H3. The summed E-state index contributed by atoms with van der Waals surface area (Å²) in [5.41, 5.74) is 3.58. The molecule has 0 spiro atoms. The summed E-state index contributed by atoms with van der Waals surface area (Å²) in [4.78, 5) is 4.58. The Morgan fingerprint density at radius 3 is 2.81 bits per heavy atom. The molecule has 84 valence electrons. The van der Waals surface area contributed by atoms with Gasteiger partial charge in [0.05, 0.1) is 17.5 Å². The molecule has 1 saturated carbocycles. The predicted molar refractivity (Wildman–Crippen MR) is 66.1 cm³/mol. The number of rotatable bonds is 1. The number of hydrogen-bond donors (Lipinski definition) is 0. The van der Waals surface area contributed by atoms with Gasteiger partial charge < -0.3 is 4.40 Å². The highest BCUT2D eigenvalue weighted by molar-refractivity contribution is 6.31. The third kappa shape index (κ3) is 1.52. The summed E-state index contributed by atoms with van der Waals surface area (Å²) in [6.07, 6.45) is 7.15. The van der Waals surface area contributed by atoms with Crippen molar-refractivity contribution in [3.8, 4) is 0 Å². The van der Waals surface area contributed by atoms with Crippen molar-refractivity contribution >= 4 is 17.1 Å². The van der Waals surface area contributed by atoms with Crippen molar-refractivity contribution in [2.24, 2.45) is 0 Å². The van der Waals surface area contributed by atoms with Gasteiger partial charge in [-0.2, -0.15) is 0 Å². The number of nitrogens with zero attached hydrogens (tertiary/aromatic N) is 2. The van der Waals surface area contributed by atoms with Crippen molar-refractivity contribution in [3.05, 3.63) is 34.9 Å². The molecule has 2 heterocycles. The van der Waals surface area contributed by atoms with E-state index in [2.05, 4.69) is 16.3 Å². The largest absolute Gasteiger partial charge is 0.303 e. The van der Waals surface area contributed by atoms with E-state index >= 15 is 0 Å². The number of halogens is 1. The Morgan fingerprint density at radius 2 is 2.06 bits per heavy atom. The van der Waals surface area contributed by atoms with Gasteiger partial charge in [-0.15, -0.1) is 0 Å². The lowest BCUT2D eigenvalue weighted by atomic mass is 10.0. The SMILES string of the molecule is Cc1cc(Cl)cc2c(C3CCCC3)ncn12. The Labute approximate surface area is 100 Å². The number of hydrogen-bond acceptors (Lipinski definition) is 1. The summed E-state index contributed by atoms with van der Waals surface area (Å²) < 4.78 is 2.14. The molecular weight excluding hydrogens is 220 g/mol. The first kappa shape index (κ1) is 10.2. The van der Waals surface area contributed by atoms with E-state index in [1.165, 1.54) is 36.9 Å². The molecule has 1 aliphatic rings. The van der Waals surface area contributed by atoms with Crippen LogP contribution in [0.15, 0.2) is 18.5 Å². The van der Waals surface area contributed by atoms with Crippen LogP contribution in [-0.4, -0.2) is 9.38 Å². The second kappa shape index (κ2) is 3.77. The maximum atomic E-state index is 6.12. The minimum atomic E-state index is 0.642. The first-order valence-corrected chi connectivity index (χ1v) is 6.26. The average molecular weight is 235 g/mol. The summed E-state index contributed by atoms with van der Waals surface area (Å²) in [7, 11) is 0. The van der Waals surface area contributed by atoms with Crippen LogP contribution in [0.3, 0.4) is 0 Å². The van der Waals surface area contributed by atoms with E-state index in [0.29, 0.717) is 5.92 Å². The molecule has 2 aromatic rings. The quantitative estimate of drug-likeness (QED) is 0.730. The third-order valence-electron chi connectivity index (χ3n) is 3.58. The van der Waals surface area contributed by atoms with E-state index in [-0.39, 0.29) is 0 Å². The van der Waals surface area contributed by atoms with E-state index in [1.54, 1.807) is 0 Å². The normalized spacial score (nSPS) is 17.4. The van der Waals surface area contributed by atoms with Crippen LogP contribution >= 0.6 is 11.6 Å². The van der Waals surface area contributed by atoms with Crippen molar-refractivity contribution in [3.63, 3.8) is 0 Å². The summed E-state index contributed by atoms with van der Waals surface area (Å²) in [5, 5.41) is 0.810. The van der Waals surface area contributed by atoms with Crippen LogP contribution in [0, 0.1) is 6.92 Å². The second-order valence-electron chi connectivity index (χ2n) is 4.68. The van der Waals surface area contributed by atoms with Crippen LogP contribution in [0.25, 0.3) is 5.52 Å². The Balaban J connectivity index is 2.18. The van der Waals surface area contributed by atoms with Gasteiger partial charge in [-0.25, -0.2) is 4.98 Å². The highest BCUT2D eigenvalue weighted by atomic mass is 35.5. The van der Waals surface area contributed by atoms with Gasteiger partial charge in [0.15, 0.2) is 0 Å². The fourth-order valence-corrected chi connectivity index (χ4v) is 3.01. The lowest BCUT2D eigenvalue weighted by molar-refractivity contribution is 0.708. The van der Waals surface area contributed by atoms with Gasteiger partial charge in [0, 0.05) is 16.6 Å². The van der Waals surface area contributed by atoms with Crippen LogP contribution in [0.5, 0.6) is 0 Å². The molecule has 1 fully saturated rings. The molecule has 2 aromatic heterocycles. The highest BCUT2D eigenvalue weighted by Gasteiger charge is 2.21.